The number of nitrogens with zero attached hydrogens (tertiary/aromatic N) is 3. The van der Waals surface area contributed by atoms with Gasteiger partial charge in [-0.1, -0.05) is 18.2 Å². The molecule has 0 N–H and O–H groups in total. The van der Waals surface area contributed by atoms with Crippen LogP contribution in [0.5, 0.6) is 0 Å². The summed E-state index contributed by atoms with van der Waals surface area (Å²) in [5.41, 5.74) is 0.175. The summed E-state index contributed by atoms with van der Waals surface area (Å²) >= 11 is 0. The Morgan fingerprint density at radius 3 is 1.22 bits per heavy atom. The minimum atomic E-state index is -0.308. The van der Waals surface area contributed by atoms with Crippen LogP contribution in [0.2, 0.25) is 0 Å². The maximum atomic E-state index is 14.4. The van der Waals surface area contributed by atoms with E-state index in [0.717, 1.165) is 35.5 Å². The highest BCUT2D eigenvalue weighted by molar-refractivity contribution is 5.34. The van der Waals surface area contributed by atoms with Crippen molar-refractivity contribution in [3.8, 4) is 5.69 Å². The molecule has 0 amide bonds. The Morgan fingerprint density at radius 1 is 0.568 bits per heavy atom. The summed E-state index contributed by atoms with van der Waals surface area (Å²) in [5.74, 6) is 4.90. The van der Waals surface area contributed by atoms with Crippen LogP contribution in [0.1, 0.15) is 90.9 Å². The van der Waals surface area contributed by atoms with Crippen molar-refractivity contribution in [1.82, 2.24) is 13.9 Å². The van der Waals surface area contributed by atoms with E-state index in [9.17, 15) is 9.59 Å². The number of benzene rings is 1. The van der Waals surface area contributed by atoms with Gasteiger partial charge in [-0.25, -0.2) is 23.5 Å². The molecule has 0 radical (unpaired) electrons. The molecule has 8 aliphatic carbocycles. The molecule has 2 atom stereocenters. The second-order valence-electron chi connectivity index (χ2n) is 15.4. The molecular weight excluding hydrogens is 458 g/mol. The lowest BCUT2D eigenvalue weighted by Crippen LogP contribution is -2.83. The van der Waals surface area contributed by atoms with Gasteiger partial charge in [-0.05, 0) is 149 Å². The van der Waals surface area contributed by atoms with Crippen LogP contribution in [0.25, 0.3) is 5.69 Å². The molecule has 1 aromatic carbocycles. The first kappa shape index (κ1) is 21.8. The van der Waals surface area contributed by atoms with Crippen molar-refractivity contribution >= 4 is 0 Å². The zero-order valence-electron chi connectivity index (χ0n) is 22.5. The van der Waals surface area contributed by atoms with Crippen molar-refractivity contribution in [3.63, 3.8) is 0 Å². The molecule has 37 heavy (non-hydrogen) atoms. The average molecular weight is 500 g/mol. The van der Waals surface area contributed by atoms with Gasteiger partial charge >= 0.3 is 11.4 Å². The normalized spacial score (nSPS) is 50.3. The van der Waals surface area contributed by atoms with E-state index in [4.69, 9.17) is 0 Å². The van der Waals surface area contributed by atoms with Crippen molar-refractivity contribution < 1.29 is 0 Å². The van der Waals surface area contributed by atoms with Crippen LogP contribution in [-0.2, 0) is 11.1 Å². The van der Waals surface area contributed by atoms with Crippen LogP contribution in [0.3, 0.4) is 0 Å². The molecule has 196 valence electrons. The lowest BCUT2D eigenvalue weighted by atomic mass is 9.35. The molecule has 8 fully saturated rings. The summed E-state index contributed by atoms with van der Waals surface area (Å²) in [7, 11) is 0. The maximum absolute atomic E-state index is 14.4. The van der Waals surface area contributed by atoms with Gasteiger partial charge < -0.3 is 0 Å². The van der Waals surface area contributed by atoms with E-state index < -0.39 is 0 Å². The number of hydrogen-bond donors (Lipinski definition) is 0. The quantitative estimate of drug-likeness (QED) is 0.546. The first-order chi connectivity index (χ1) is 17.8. The minimum Gasteiger partial charge on any atom is -0.245 e. The van der Waals surface area contributed by atoms with Crippen LogP contribution in [-0.4, -0.2) is 13.9 Å². The van der Waals surface area contributed by atoms with E-state index in [1.807, 2.05) is 39.7 Å². The minimum absolute atomic E-state index is 0.100. The highest BCUT2D eigenvalue weighted by atomic mass is 16.2. The highest BCUT2D eigenvalue weighted by Gasteiger charge is 2.78. The fourth-order valence-corrected chi connectivity index (χ4v) is 13.3. The Bertz CT molecular complexity index is 1270. The van der Waals surface area contributed by atoms with Crippen molar-refractivity contribution in [1.29, 1.82) is 0 Å². The fourth-order valence-electron chi connectivity index (χ4n) is 13.3. The second-order valence-corrected chi connectivity index (χ2v) is 15.4. The molecular formula is C32H41N3O2. The van der Waals surface area contributed by atoms with E-state index in [2.05, 4.69) is 13.8 Å². The first-order valence-electron chi connectivity index (χ1n) is 15.3. The summed E-state index contributed by atoms with van der Waals surface area (Å²) in [6, 6.07) is 9.69. The van der Waals surface area contributed by atoms with Crippen LogP contribution in [0, 0.1) is 46.3 Å². The number of fused-ring (bicyclic) bond motifs is 1. The van der Waals surface area contributed by atoms with Gasteiger partial charge in [0.2, 0.25) is 0 Å². The Balaban J connectivity index is 1.32. The predicted molar refractivity (Wildman–Crippen MR) is 143 cm³/mol. The van der Waals surface area contributed by atoms with Gasteiger partial charge in [-0.2, -0.15) is 0 Å². The van der Waals surface area contributed by atoms with E-state index in [0.29, 0.717) is 5.69 Å². The second kappa shape index (κ2) is 6.57. The Kier molecular flexibility index (Phi) is 3.88. The third kappa shape index (κ3) is 2.29. The van der Waals surface area contributed by atoms with Gasteiger partial charge in [-0.15, -0.1) is 0 Å². The van der Waals surface area contributed by atoms with Crippen molar-refractivity contribution in [2.24, 2.45) is 46.3 Å². The van der Waals surface area contributed by atoms with Crippen molar-refractivity contribution in [2.45, 2.75) is 102 Å². The summed E-state index contributed by atoms with van der Waals surface area (Å²) in [6.07, 6.45) is 15.9. The summed E-state index contributed by atoms with van der Waals surface area (Å²) in [6.45, 7) is 4.93. The summed E-state index contributed by atoms with van der Waals surface area (Å²) in [4.78, 5) is 28.8. The molecule has 1 aliphatic heterocycles. The third-order valence-corrected chi connectivity index (χ3v) is 13.9. The molecule has 9 aliphatic rings. The maximum Gasteiger partial charge on any atom is 0.352 e. The number of para-hydroxylation sites is 1. The predicted octanol–water partition coefficient (Wildman–Crippen LogP) is 5.68. The first-order valence-corrected chi connectivity index (χ1v) is 15.3. The Morgan fingerprint density at radius 2 is 0.892 bits per heavy atom. The van der Waals surface area contributed by atoms with Crippen molar-refractivity contribution in [2.75, 3.05) is 0 Å². The summed E-state index contributed by atoms with van der Waals surface area (Å²) in [5, 5.41) is 0. The smallest absolute Gasteiger partial charge is 0.245 e. The topological polar surface area (TPSA) is 48.9 Å². The fraction of sp³-hybridized carbons (Fsp3) is 0.750. The zero-order valence-corrected chi connectivity index (χ0v) is 22.5. The number of rotatable bonds is 3. The van der Waals surface area contributed by atoms with Gasteiger partial charge in [-0.3, -0.25) is 0 Å². The van der Waals surface area contributed by atoms with Gasteiger partial charge in [0.1, 0.15) is 0 Å². The molecule has 8 saturated carbocycles. The monoisotopic (exact) mass is 499 g/mol. The molecule has 5 nitrogen and oxygen atoms in total. The van der Waals surface area contributed by atoms with E-state index >= 15 is 0 Å². The molecule has 1 aromatic heterocycles. The molecule has 0 spiro atoms. The van der Waals surface area contributed by atoms with Crippen LogP contribution in [0.15, 0.2) is 39.9 Å². The number of aromatic nitrogens is 3. The van der Waals surface area contributed by atoms with Gasteiger partial charge in [0.15, 0.2) is 0 Å². The van der Waals surface area contributed by atoms with E-state index in [-0.39, 0.29) is 33.3 Å². The van der Waals surface area contributed by atoms with Crippen LogP contribution < -0.4 is 11.4 Å². The molecule has 11 rings (SSSR count). The molecule has 2 heterocycles. The summed E-state index contributed by atoms with van der Waals surface area (Å²) < 4.78 is 5.58. The van der Waals surface area contributed by atoms with E-state index in [1.54, 1.807) is 0 Å². The molecule has 5 heteroatoms. The number of hydrogen-bond acceptors (Lipinski definition) is 2. The van der Waals surface area contributed by atoms with Gasteiger partial charge in [0.05, 0.1) is 16.8 Å². The molecule has 0 unspecified atom stereocenters. The molecule has 8 bridgehead atoms. The standard InChI is InChI=1S/C32H41N3O2/c1-29(31-14-20-8-21(15-31)10-22(9-20)16-31)30(2,32-17-23-11-24(18-32)13-25(12-23)19-32)35-28(37)33(27(36)34(29)35)26-6-4-3-5-7-26/h3-7,20-25H,8-19H2,1-2H3/t20?,21?,22?,23?,24?,25?,29-,30-,31?,32?/m1/s1. The zero-order chi connectivity index (χ0) is 24.9. The van der Waals surface area contributed by atoms with Crippen molar-refractivity contribution in [3.05, 3.63) is 51.3 Å². The Labute approximate surface area is 219 Å². The van der Waals surface area contributed by atoms with Gasteiger partial charge in [0.25, 0.3) is 0 Å². The molecule has 0 saturated heterocycles. The average Bonchev–Trinajstić information content (AvgIpc) is 3.10. The van der Waals surface area contributed by atoms with E-state index in [1.165, 1.54) is 81.6 Å². The highest BCUT2D eigenvalue weighted by Crippen LogP contribution is 2.76. The third-order valence-electron chi connectivity index (χ3n) is 13.9. The lowest BCUT2D eigenvalue weighted by molar-refractivity contribution is -0.282. The largest absolute Gasteiger partial charge is 0.352 e. The molecule has 2 aromatic rings. The Hall–Kier alpha value is -2.04. The SMILES string of the molecule is C[C@@]1(C23CC4CC(CC(C4)C2)C3)n2c(=O)n(-c3ccccc3)c(=O)n2[C@@]1(C)C12CC3CC(CC(C3)C1)C2. The lowest BCUT2D eigenvalue weighted by Gasteiger charge is -2.76. The van der Waals surface area contributed by atoms with Gasteiger partial charge in [0, 0.05) is 0 Å². The van der Waals surface area contributed by atoms with Crippen LogP contribution in [0.4, 0.5) is 0 Å². The van der Waals surface area contributed by atoms with Crippen LogP contribution >= 0.6 is 0 Å².